The molecule has 2 rings (SSSR count). The summed E-state index contributed by atoms with van der Waals surface area (Å²) in [6.45, 7) is 4.05. The Kier molecular flexibility index (Phi) is 4.56. The van der Waals surface area contributed by atoms with E-state index in [1.54, 1.807) is 6.07 Å². The van der Waals surface area contributed by atoms with E-state index in [1.807, 2.05) is 26.0 Å². The van der Waals surface area contributed by atoms with Crippen LogP contribution >= 0.6 is 0 Å². The van der Waals surface area contributed by atoms with Gasteiger partial charge in [-0.05, 0) is 42.7 Å². The van der Waals surface area contributed by atoms with Crippen LogP contribution in [0.4, 0.5) is 5.69 Å². The van der Waals surface area contributed by atoms with Gasteiger partial charge in [0, 0.05) is 18.1 Å². The summed E-state index contributed by atoms with van der Waals surface area (Å²) in [6.07, 6.45) is 3.11. The second-order valence-electron chi connectivity index (χ2n) is 4.95. The Labute approximate surface area is 129 Å². The molecule has 22 heavy (non-hydrogen) atoms. The molecule has 0 unspecified atom stereocenters. The molecule has 1 N–H and O–H groups in total. The van der Waals surface area contributed by atoms with Crippen LogP contribution in [0.15, 0.2) is 35.6 Å². The van der Waals surface area contributed by atoms with E-state index in [4.69, 9.17) is 0 Å². The van der Waals surface area contributed by atoms with E-state index in [9.17, 15) is 13.2 Å². The van der Waals surface area contributed by atoms with Crippen molar-refractivity contribution in [1.29, 1.82) is 0 Å². The molecule has 6 nitrogen and oxygen atoms in total. The standard InChI is InChI=1S/C15H17N3O3S/c1-4-11-9-12(6-5-10(11)2)17-14(19)13-7-8-16-15(18-13)22(3,20)21/h5-9H,4H2,1-3H3,(H,17,19). The summed E-state index contributed by atoms with van der Waals surface area (Å²) in [5.41, 5.74) is 2.94. The molecule has 2 aromatic rings. The van der Waals surface area contributed by atoms with E-state index in [1.165, 1.54) is 12.3 Å². The lowest BCUT2D eigenvalue weighted by Crippen LogP contribution is -2.16. The number of sulfone groups is 1. The third kappa shape index (κ3) is 3.67. The third-order valence-corrected chi connectivity index (χ3v) is 4.05. The summed E-state index contributed by atoms with van der Waals surface area (Å²) in [5.74, 6) is -0.474. The van der Waals surface area contributed by atoms with E-state index in [0.29, 0.717) is 5.69 Å². The molecule has 0 aliphatic rings. The van der Waals surface area contributed by atoms with Crippen LogP contribution < -0.4 is 5.32 Å². The Morgan fingerprint density at radius 3 is 2.64 bits per heavy atom. The number of anilines is 1. The number of hydrogen-bond donors (Lipinski definition) is 1. The van der Waals surface area contributed by atoms with Crippen molar-refractivity contribution in [2.75, 3.05) is 11.6 Å². The Bertz CT molecular complexity index is 817. The van der Waals surface area contributed by atoms with Gasteiger partial charge in [0.15, 0.2) is 0 Å². The van der Waals surface area contributed by atoms with Gasteiger partial charge in [0.2, 0.25) is 15.0 Å². The van der Waals surface area contributed by atoms with Gasteiger partial charge in [0.25, 0.3) is 5.91 Å². The van der Waals surface area contributed by atoms with Gasteiger partial charge in [-0.3, -0.25) is 4.79 Å². The fourth-order valence-electron chi connectivity index (χ4n) is 1.97. The minimum atomic E-state index is -3.55. The molecule has 0 aliphatic heterocycles. The average molecular weight is 319 g/mol. The van der Waals surface area contributed by atoms with Crippen LogP contribution in [-0.4, -0.2) is 30.5 Å². The molecule has 1 amide bonds. The number of carbonyl (C=O) groups is 1. The van der Waals surface area contributed by atoms with Gasteiger partial charge in [-0.2, -0.15) is 0 Å². The van der Waals surface area contributed by atoms with Crippen molar-refractivity contribution < 1.29 is 13.2 Å². The molecular formula is C15H17N3O3S. The molecule has 0 fully saturated rings. The summed E-state index contributed by atoms with van der Waals surface area (Å²) in [7, 11) is -3.55. The minimum absolute atomic E-state index is 0.00838. The predicted octanol–water partition coefficient (Wildman–Crippen LogP) is 2.00. The number of aryl methyl sites for hydroxylation is 2. The Morgan fingerprint density at radius 1 is 1.27 bits per heavy atom. The molecule has 0 saturated carbocycles. The van der Waals surface area contributed by atoms with E-state index in [2.05, 4.69) is 15.3 Å². The summed E-state index contributed by atoms with van der Waals surface area (Å²) in [4.78, 5) is 19.6. The number of rotatable bonds is 4. The summed E-state index contributed by atoms with van der Waals surface area (Å²) in [5, 5.41) is 2.35. The SMILES string of the molecule is CCc1cc(NC(=O)c2ccnc(S(C)(=O)=O)n2)ccc1C. The van der Waals surface area contributed by atoms with Gasteiger partial charge in [-0.25, -0.2) is 18.4 Å². The van der Waals surface area contributed by atoms with Crippen LogP contribution in [0.5, 0.6) is 0 Å². The smallest absolute Gasteiger partial charge is 0.274 e. The van der Waals surface area contributed by atoms with Crippen molar-refractivity contribution in [1.82, 2.24) is 9.97 Å². The highest BCUT2D eigenvalue weighted by atomic mass is 32.2. The normalized spacial score (nSPS) is 11.2. The molecule has 1 aromatic carbocycles. The molecule has 0 bridgehead atoms. The number of hydrogen-bond acceptors (Lipinski definition) is 5. The van der Waals surface area contributed by atoms with Gasteiger partial charge in [-0.15, -0.1) is 0 Å². The zero-order chi connectivity index (χ0) is 16.3. The van der Waals surface area contributed by atoms with Crippen molar-refractivity contribution in [2.24, 2.45) is 0 Å². The Balaban J connectivity index is 2.26. The molecule has 7 heteroatoms. The van der Waals surface area contributed by atoms with Gasteiger partial charge in [0.05, 0.1) is 0 Å². The number of nitrogens with zero attached hydrogens (tertiary/aromatic N) is 2. The van der Waals surface area contributed by atoms with Crippen LogP contribution in [0.1, 0.15) is 28.5 Å². The highest BCUT2D eigenvalue weighted by molar-refractivity contribution is 7.90. The highest BCUT2D eigenvalue weighted by Crippen LogP contribution is 2.16. The van der Waals surface area contributed by atoms with Crippen molar-refractivity contribution in [2.45, 2.75) is 25.4 Å². The first-order chi connectivity index (χ1) is 10.3. The van der Waals surface area contributed by atoms with Crippen molar-refractivity contribution >= 4 is 21.4 Å². The van der Waals surface area contributed by atoms with Crippen LogP contribution in [-0.2, 0) is 16.3 Å². The molecule has 0 saturated heterocycles. The topological polar surface area (TPSA) is 89.0 Å². The third-order valence-electron chi connectivity index (χ3n) is 3.19. The highest BCUT2D eigenvalue weighted by Gasteiger charge is 2.15. The van der Waals surface area contributed by atoms with E-state index >= 15 is 0 Å². The first kappa shape index (κ1) is 16.1. The second-order valence-corrected chi connectivity index (χ2v) is 6.86. The quantitative estimate of drug-likeness (QED) is 0.871. The number of amides is 1. The van der Waals surface area contributed by atoms with Gasteiger partial charge in [0.1, 0.15) is 5.69 Å². The lowest BCUT2D eigenvalue weighted by atomic mass is 10.1. The summed E-state index contributed by atoms with van der Waals surface area (Å²) in [6, 6.07) is 6.99. The zero-order valence-electron chi connectivity index (χ0n) is 12.6. The van der Waals surface area contributed by atoms with Crippen molar-refractivity contribution in [3.05, 3.63) is 47.3 Å². The summed E-state index contributed by atoms with van der Waals surface area (Å²) >= 11 is 0. The maximum absolute atomic E-state index is 12.2. The van der Waals surface area contributed by atoms with Gasteiger partial charge < -0.3 is 5.32 Å². The zero-order valence-corrected chi connectivity index (χ0v) is 13.4. The minimum Gasteiger partial charge on any atom is -0.321 e. The number of nitrogens with one attached hydrogen (secondary N) is 1. The molecule has 0 atom stereocenters. The van der Waals surface area contributed by atoms with Crippen LogP contribution in [0.25, 0.3) is 0 Å². The molecule has 0 radical (unpaired) electrons. The lowest BCUT2D eigenvalue weighted by molar-refractivity contribution is 0.102. The van der Waals surface area contributed by atoms with Crippen molar-refractivity contribution in [3.63, 3.8) is 0 Å². The second kappa shape index (κ2) is 6.23. The maximum Gasteiger partial charge on any atom is 0.274 e. The number of carbonyl (C=O) groups excluding carboxylic acids is 1. The van der Waals surface area contributed by atoms with Gasteiger partial charge >= 0.3 is 0 Å². The van der Waals surface area contributed by atoms with Crippen LogP contribution in [0, 0.1) is 6.92 Å². The number of aromatic nitrogens is 2. The maximum atomic E-state index is 12.2. The molecule has 1 aromatic heterocycles. The predicted molar refractivity (Wildman–Crippen MR) is 83.7 cm³/mol. The largest absolute Gasteiger partial charge is 0.321 e. The number of benzene rings is 1. The lowest BCUT2D eigenvalue weighted by Gasteiger charge is -2.09. The van der Waals surface area contributed by atoms with Crippen LogP contribution in [0.2, 0.25) is 0 Å². The van der Waals surface area contributed by atoms with E-state index < -0.39 is 15.7 Å². The first-order valence-electron chi connectivity index (χ1n) is 6.75. The fourth-order valence-corrected chi connectivity index (χ4v) is 2.49. The summed E-state index contributed by atoms with van der Waals surface area (Å²) < 4.78 is 22.9. The molecular weight excluding hydrogens is 302 g/mol. The first-order valence-corrected chi connectivity index (χ1v) is 8.64. The van der Waals surface area contributed by atoms with Gasteiger partial charge in [-0.1, -0.05) is 13.0 Å². The molecule has 1 heterocycles. The average Bonchev–Trinajstić information content (AvgIpc) is 2.48. The Hall–Kier alpha value is -2.28. The molecule has 0 spiro atoms. The molecule has 116 valence electrons. The monoisotopic (exact) mass is 319 g/mol. The molecule has 0 aliphatic carbocycles. The van der Waals surface area contributed by atoms with E-state index in [0.717, 1.165) is 23.8 Å². The van der Waals surface area contributed by atoms with Crippen molar-refractivity contribution in [3.8, 4) is 0 Å². The van der Waals surface area contributed by atoms with E-state index in [-0.39, 0.29) is 10.9 Å². The Morgan fingerprint density at radius 2 is 2.00 bits per heavy atom. The van der Waals surface area contributed by atoms with Crippen LogP contribution in [0.3, 0.4) is 0 Å². The fraction of sp³-hybridized carbons (Fsp3) is 0.267.